The van der Waals surface area contributed by atoms with E-state index in [1.165, 1.54) is 0 Å². The Labute approximate surface area is 158 Å². The van der Waals surface area contributed by atoms with E-state index in [2.05, 4.69) is 10.6 Å². The largest absolute Gasteiger partial charge is 0.475 e. The number of amides is 2. The number of hydrogen-bond acceptors (Lipinski definition) is 4. The maximum absolute atomic E-state index is 12.6. The van der Waals surface area contributed by atoms with Crippen molar-refractivity contribution in [3.05, 3.63) is 0 Å². The summed E-state index contributed by atoms with van der Waals surface area (Å²) >= 11 is 0. The van der Waals surface area contributed by atoms with Crippen molar-refractivity contribution < 1.29 is 33.1 Å². The Morgan fingerprint density at radius 3 is 1.81 bits per heavy atom. The fourth-order valence-corrected chi connectivity index (χ4v) is 2.45. The van der Waals surface area contributed by atoms with Crippen LogP contribution < -0.4 is 10.6 Å². The lowest BCUT2D eigenvalue weighted by Crippen LogP contribution is -2.54. The second-order valence-corrected chi connectivity index (χ2v) is 7.22. The second kappa shape index (κ2) is 11.6. The number of halogens is 2. The van der Waals surface area contributed by atoms with E-state index in [4.69, 9.17) is 5.11 Å². The number of hydrogen-bond donors (Lipinski definition) is 3. The van der Waals surface area contributed by atoms with Crippen molar-refractivity contribution in [3.8, 4) is 0 Å². The Bertz CT molecular complexity index is 540. The fraction of sp³-hybridized carbons (Fsp3) is 0.778. The maximum Gasteiger partial charge on any atom is 0.374 e. The van der Waals surface area contributed by atoms with Crippen molar-refractivity contribution in [3.63, 3.8) is 0 Å². The van der Waals surface area contributed by atoms with Crippen molar-refractivity contribution in [1.29, 1.82) is 0 Å². The molecule has 0 aliphatic heterocycles. The molecule has 0 radical (unpaired) electrons. The highest BCUT2D eigenvalue weighted by molar-refractivity contribution is 6.35. The molecular weight excluding hydrogens is 362 g/mol. The van der Waals surface area contributed by atoms with E-state index >= 15 is 0 Å². The standard InChI is InChI=1S/C18H30F2N2O5/c1-6-10(4)11(5)16(24)22-13(7-9(2)3)17(25)21-12(8-14(19)20)15(23)18(26)27/h9-14H,6-8H2,1-5H3,(H,21,25)(H,22,24)(H,26,27). The van der Waals surface area contributed by atoms with E-state index < -0.39 is 42.6 Å². The molecule has 0 aromatic carbocycles. The molecule has 0 saturated heterocycles. The highest BCUT2D eigenvalue weighted by Crippen LogP contribution is 2.16. The smallest absolute Gasteiger partial charge is 0.374 e. The average molecular weight is 392 g/mol. The van der Waals surface area contributed by atoms with Gasteiger partial charge in [0.15, 0.2) is 0 Å². The lowest BCUT2D eigenvalue weighted by molar-refractivity contribution is -0.151. The van der Waals surface area contributed by atoms with Gasteiger partial charge < -0.3 is 15.7 Å². The molecule has 0 rings (SSSR count). The van der Waals surface area contributed by atoms with Gasteiger partial charge in [0.1, 0.15) is 12.1 Å². The summed E-state index contributed by atoms with van der Waals surface area (Å²) in [5.41, 5.74) is 0. The Hall–Kier alpha value is -2.06. The minimum atomic E-state index is -2.97. The van der Waals surface area contributed by atoms with E-state index in [-0.39, 0.29) is 30.1 Å². The zero-order valence-electron chi connectivity index (χ0n) is 16.4. The van der Waals surface area contributed by atoms with Crippen LogP contribution in [-0.4, -0.2) is 47.2 Å². The van der Waals surface area contributed by atoms with Gasteiger partial charge in [-0.25, -0.2) is 13.6 Å². The third-order valence-electron chi connectivity index (χ3n) is 4.51. The van der Waals surface area contributed by atoms with Crippen LogP contribution in [0.1, 0.15) is 53.9 Å². The Balaban J connectivity index is 5.30. The summed E-state index contributed by atoms with van der Waals surface area (Å²) in [7, 11) is 0. The Kier molecular flexibility index (Phi) is 10.7. The number of rotatable bonds is 12. The number of aliphatic carboxylic acids is 1. The number of carbonyl (C=O) groups is 4. The van der Waals surface area contributed by atoms with Crippen LogP contribution in [-0.2, 0) is 19.2 Å². The summed E-state index contributed by atoms with van der Waals surface area (Å²) in [4.78, 5) is 47.2. The predicted molar refractivity (Wildman–Crippen MR) is 95.2 cm³/mol. The monoisotopic (exact) mass is 392 g/mol. The van der Waals surface area contributed by atoms with Crippen LogP contribution in [0.15, 0.2) is 0 Å². The number of carboxylic acid groups (broad SMARTS) is 1. The molecule has 156 valence electrons. The van der Waals surface area contributed by atoms with Gasteiger partial charge in [0, 0.05) is 12.3 Å². The van der Waals surface area contributed by atoms with Gasteiger partial charge in [-0.3, -0.25) is 14.4 Å². The van der Waals surface area contributed by atoms with E-state index in [1.54, 1.807) is 6.92 Å². The number of carboxylic acids is 1. The molecule has 0 bridgehead atoms. The molecule has 0 heterocycles. The predicted octanol–water partition coefficient (Wildman–Crippen LogP) is 1.99. The topological polar surface area (TPSA) is 113 Å². The van der Waals surface area contributed by atoms with Crippen LogP contribution in [0.25, 0.3) is 0 Å². The minimum Gasteiger partial charge on any atom is -0.475 e. The Morgan fingerprint density at radius 2 is 1.41 bits per heavy atom. The fourth-order valence-electron chi connectivity index (χ4n) is 2.45. The molecule has 9 heteroatoms. The number of alkyl halides is 2. The normalized spacial score (nSPS) is 15.7. The number of carbonyl (C=O) groups excluding carboxylic acids is 3. The van der Waals surface area contributed by atoms with Gasteiger partial charge >= 0.3 is 5.97 Å². The van der Waals surface area contributed by atoms with Crippen molar-refractivity contribution in [1.82, 2.24) is 10.6 Å². The molecular formula is C18H30F2N2O5. The molecule has 0 aliphatic rings. The van der Waals surface area contributed by atoms with E-state index in [9.17, 15) is 28.0 Å². The summed E-state index contributed by atoms with van der Waals surface area (Å²) in [6.45, 7) is 9.17. The molecule has 0 fully saturated rings. The first-order valence-electron chi connectivity index (χ1n) is 9.06. The zero-order chi connectivity index (χ0) is 21.3. The molecule has 4 atom stereocenters. The van der Waals surface area contributed by atoms with E-state index in [1.807, 2.05) is 27.7 Å². The first kappa shape index (κ1) is 24.9. The third-order valence-corrected chi connectivity index (χ3v) is 4.51. The van der Waals surface area contributed by atoms with Gasteiger partial charge in [0.05, 0.1) is 0 Å². The quantitative estimate of drug-likeness (QED) is 0.440. The van der Waals surface area contributed by atoms with Crippen LogP contribution in [0.4, 0.5) is 8.78 Å². The van der Waals surface area contributed by atoms with Crippen LogP contribution in [0.2, 0.25) is 0 Å². The average Bonchev–Trinajstić information content (AvgIpc) is 2.57. The second-order valence-electron chi connectivity index (χ2n) is 7.22. The highest BCUT2D eigenvalue weighted by atomic mass is 19.3. The first-order chi connectivity index (χ1) is 12.4. The van der Waals surface area contributed by atoms with Crippen molar-refractivity contribution in [2.24, 2.45) is 17.8 Å². The summed E-state index contributed by atoms with van der Waals surface area (Å²) in [5, 5.41) is 13.4. The molecule has 0 aromatic heterocycles. The lowest BCUT2D eigenvalue weighted by atomic mass is 9.92. The van der Waals surface area contributed by atoms with E-state index in [0.29, 0.717) is 0 Å². The molecule has 3 N–H and O–H groups in total. The summed E-state index contributed by atoms with van der Waals surface area (Å²) < 4.78 is 25.3. The van der Waals surface area contributed by atoms with Crippen molar-refractivity contribution in [2.45, 2.75) is 72.4 Å². The van der Waals surface area contributed by atoms with Crippen LogP contribution in [0, 0.1) is 17.8 Å². The third kappa shape index (κ3) is 8.92. The van der Waals surface area contributed by atoms with Crippen molar-refractivity contribution >= 4 is 23.6 Å². The van der Waals surface area contributed by atoms with Gasteiger partial charge in [0.25, 0.3) is 5.78 Å². The molecule has 0 saturated carbocycles. The van der Waals surface area contributed by atoms with Crippen molar-refractivity contribution in [2.75, 3.05) is 0 Å². The minimum absolute atomic E-state index is 0.0105. The zero-order valence-corrected chi connectivity index (χ0v) is 16.4. The highest BCUT2D eigenvalue weighted by Gasteiger charge is 2.33. The van der Waals surface area contributed by atoms with Gasteiger partial charge in [-0.05, 0) is 18.3 Å². The molecule has 4 unspecified atom stereocenters. The molecule has 2 amide bonds. The van der Waals surface area contributed by atoms with Crippen LogP contribution in [0.3, 0.4) is 0 Å². The van der Waals surface area contributed by atoms with Gasteiger partial charge in [0.2, 0.25) is 18.2 Å². The van der Waals surface area contributed by atoms with Gasteiger partial charge in [-0.1, -0.05) is 41.0 Å². The Morgan fingerprint density at radius 1 is 0.889 bits per heavy atom. The van der Waals surface area contributed by atoms with Crippen LogP contribution >= 0.6 is 0 Å². The van der Waals surface area contributed by atoms with Crippen LogP contribution in [0.5, 0.6) is 0 Å². The van der Waals surface area contributed by atoms with Gasteiger partial charge in [-0.2, -0.15) is 0 Å². The summed E-state index contributed by atoms with van der Waals surface area (Å²) in [5.74, 6) is -4.94. The maximum atomic E-state index is 12.6. The first-order valence-corrected chi connectivity index (χ1v) is 9.06. The summed E-state index contributed by atoms with van der Waals surface area (Å²) in [6.07, 6.45) is -3.10. The summed E-state index contributed by atoms with van der Waals surface area (Å²) in [6, 6.07) is -2.90. The number of nitrogens with one attached hydrogen (secondary N) is 2. The number of ketones is 1. The molecule has 7 nitrogen and oxygen atoms in total. The molecule has 0 aromatic rings. The molecule has 0 spiro atoms. The lowest BCUT2D eigenvalue weighted by Gasteiger charge is -2.25. The van der Waals surface area contributed by atoms with Gasteiger partial charge in [-0.15, -0.1) is 0 Å². The SMILES string of the molecule is CCC(C)C(C)C(=O)NC(CC(C)C)C(=O)NC(CC(F)F)C(=O)C(=O)O. The molecule has 0 aliphatic carbocycles. The van der Waals surface area contributed by atoms with E-state index in [0.717, 1.165) is 6.42 Å². The molecule has 27 heavy (non-hydrogen) atoms. The number of Topliss-reactive ketones (excluding diaryl/α,β-unsaturated/α-hetero) is 1.